The lowest BCUT2D eigenvalue weighted by atomic mass is 10.2. The molecule has 7 nitrogen and oxygen atoms in total. The number of hydrogen-bond acceptors (Lipinski definition) is 4. The predicted molar refractivity (Wildman–Crippen MR) is 67.2 cm³/mol. The Morgan fingerprint density at radius 3 is 2.43 bits per heavy atom. The molecule has 0 heterocycles. The molecule has 0 aliphatic heterocycles. The van der Waals surface area contributed by atoms with Gasteiger partial charge in [0, 0.05) is 6.54 Å². The molecule has 0 saturated carbocycles. The second-order valence-electron chi connectivity index (χ2n) is 3.85. The van der Waals surface area contributed by atoms with E-state index in [9.17, 15) is 26.8 Å². The molecule has 0 atom stereocenters. The molecule has 0 radical (unpaired) electrons. The molecule has 1 aromatic carbocycles. The molecular formula is C11H12F2N2O5S. The van der Waals surface area contributed by atoms with Crippen LogP contribution in [0.4, 0.5) is 8.78 Å². The minimum atomic E-state index is -4.57. The summed E-state index contributed by atoms with van der Waals surface area (Å²) in [5.74, 6) is -5.62. The third kappa shape index (κ3) is 4.20. The largest absolute Gasteiger partial charge is 0.478 e. The molecule has 0 spiro atoms. The molecule has 0 aliphatic carbocycles. The first-order chi connectivity index (χ1) is 9.69. The summed E-state index contributed by atoms with van der Waals surface area (Å²) in [6, 6.07) is 0.835. The standard InChI is InChI=1S/C11H12F2N2O5S/c1-2-14-9(16)5-15-21(19,20)8-4-6(11(17)18)3-7(12)10(8)13/h3-4,15H,2,5H2,1H3,(H,14,16)(H,17,18). The fourth-order valence-corrected chi connectivity index (χ4v) is 2.47. The minimum absolute atomic E-state index is 0.262. The van der Waals surface area contributed by atoms with Crippen molar-refractivity contribution < 1.29 is 31.9 Å². The molecule has 0 fully saturated rings. The Labute approximate surface area is 119 Å². The maximum absolute atomic E-state index is 13.5. The van der Waals surface area contributed by atoms with Crippen molar-refractivity contribution in [2.75, 3.05) is 13.1 Å². The molecule has 0 aliphatic rings. The minimum Gasteiger partial charge on any atom is -0.478 e. The Kier molecular flexibility index (Phi) is 5.33. The number of carboxylic acid groups (broad SMARTS) is 1. The van der Waals surface area contributed by atoms with Crippen LogP contribution >= 0.6 is 0 Å². The SMILES string of the molecule is CCNC(=O)CNS(=O)(=O)c1cc(C(=O)O)cc(F)c1F. The Morgan fingerprint density at radius 1 is 1.29 bits per heavy atom. The summed E-state index contributed by atoms with van der Waals surface area (Å²) in [6.45, 7) is 1.18. The normalized spacial score (nSPS) is 11.2. The van der Waals surface area contributed by atoms with Crippen molar-refractivity contribution in [2.24, 2.45) is 0 Å². The molecule has 116 valence electrons. The lowest BCUT2D eigenvalue weighted by molar-refractivity contribution is -0.119. The van der Waals surface area contributed by atoms with E-state index in [1.54, 1.807) is 11.6 Å². The molecule has 0 unspecified atom stereocenters. The Balaban J connectivity index is 3.13. The van der Waals surface area contributed by atoms with Crippen LogP contribution < -0.4 is 10.0 Å². The van der Waals surface area contributed by atoms with E-state index < -0.39 is 50.5 Å². The average Bonchev–Trinajstić information content (AvgIpc) is 2.39. The van der Waals surface area contributed by atoms with Gasteiger partial charge in [-0.1, -0.05) is 0 Å². The van der Waals surface area contributed by atoms with Gasteiger partial charge in [0.05, 0.1) is 12.1 Å². The van der Waals surface area contributed by atoms with Crippen LogP contribution in [0, 0.1) is 11.6 Å². The fraction of sp³-hybridized carbons (Fsp3) is 0.273. The molecule has 0 bridgehead atoms. The summed E-state index contributed by atoms with van der Waals surface area (Å²) in [4.78, 5) is 20.7. The van der Waals surface area contributed by atoms with E-state index in [1.807, 2.05) is 0 Å². The van der Waals surface area contributed by atoms with Gasteiger partial charge in [0.25, 0.3) is 0 Å². The van der Waals surface area contributed by atoms with E-state index in [2.05, 4.69) is 5.32 Å². The highest BCUT2D eigenvalue weighted by Gasteiger charge is 2.25. The zero-order valence-corrected chi connectivity index (χ0v) is 11.6. The zero-order valence-electron chi connectivity index (χ0n) is 10.8. The summed E-state index contributed by atoms with van der Waals surface area (Å²) in [5.41, 5.74) is -0.729. The number of likely N-dealkylation sites (N-methyl/N-ethyl adjacent to an activating group) is 1. The Bertz CT molecular complexity index is 675. The molecule has 1 rings (SSSR count). The Hall–Kier alpha value is -2.07. The number of carboxylic acids is 1. The first-order valence-corrected chi connectivity index (χ1v) is 7.16. The first kappa shape index (κ1) is 17.0. The molecule has 0 saturated heterocycles. The lowest BCUT2D eigenvalue weighted by Gasteiger charge is -2.09. The van der Waals surface area contributed by atoms with Crippen molar-refractivity contribution in [3.8, 4) is 0 Å². The van der Waals surface area contributed by atoms with E-state index in [0.717, 1.165) is 0 Å². The van der Waals surface area contributed by atoms with Crippen LogP contribution in [0.25, 0.3) is 0 Å². The van der Waals surface area contributed by atoms with Gasteiger partial charge in [-0.25, -0.2) is 26.7 Å². The molecule has 10 heteroatoms. The predicted octanol–water partition coefficient (Wildman–Crippen LogP) is 0.0774. The second kappa shape index (κ2) is 6.59. The molecule has 3 N–H and O–H groups in total. The van der Waals surface area contributed by atoms with Gasteiger partial charge in [-0.3, -0.25) is 4.79 Å². The van der Waals surface area contributed by atoms with Crippen molar-refractivity contribution in [3.05, 3.63) is 29.3 Å². The second-order valence-corrected chi connectivity index (χ2v) is 5.59. The molecule has 1 aromatic rings. The van der Waals surface area contributed by atoms with Gasteiger partial charge >= 0.3 is 5.97 Å². The van der Waals surface area contributed by atoms with Crippen LogP contribution in [0.5, 0.6) is 0 Å². The summed E-state index contributed by atoms with van der Waals surface area (Å²) in [7, 11) is -4.57. The lowest BCUT2D eigenvalue weighted by Crippen LogP contribution is -2.37. The van der Waals surface area contributed by atoms with Gasteiger partial charge in [-0.05, 0) is 19.1 Å². The quantitative estimate of drug-likeness (QED) is 0.686. The number of carbonyl (C=O) groups is 2. The maximum atomic E-state index is 13.5. The summed E-state index contributed by atoms with van der Waals surface area (Å²) < 4.78 is 52.1. The first-order valence-electron chi connectivity index (χ1n) is 5.67. The summed E-state index contributed by atoms with van der Waals surface area (Å²) >= 11 is 0. The number of benzene rings is 1. The van der Waals surface area contributed by atoms with Gasteiger partial charge in [0.1, 0.15) is 4.90 Å². The van der Waals surface area contributed by atoms with Crippen LogP contribution in [-0.4, -0.2) is 38.5 Å². The number of aromatic carboxylic acids is 1. The Morgan fingerprint density at radius 2 is 1.90 bits per heavy atom. The number of hydrogen-bond donors (Lipinski definition) is 3. The van der Waals surface area contributed by atoms with Crippen molar-refractivity contribution >= 4 is 21.9 Å². The van der Waals surface area contributed by atoms with E-state index in [-0.39, 0.29) is 6.54 Å². The van der Waals surface area contributed by atoms with Crippen molar-refractivity contribution in [1.82, 2.24) is 10.0 Å². The molecule has 1 amide bonds. The smallest absolute Gasteiger partial charge is 0.335 e. The van der Waals surface area contributed by atoms with Crippen molar-refractivity contribution in [1.29, 1.82) is 0 Å². The maximum Gasteiger partial charge on any atom is 0.335 e. The summed E-state index contributed by atoms with van der Waals surface area (Å²) in [5, 5.41) is 11.0. The summed E-state index contributed by atoms with van der Waals surface area (Å²) in [6.07, 6.45) is 0. The highest BCUT2D eigenvalue weighted by molar-refractivity contribution is 7.89. The van der Waals surface area contributed by atoms with Gasteiger partial charge in [-0.2, -0.15) is 0 Å². The van der Waals surface area contributed by atoms with Crippen LogP contribution in [0.1, 0.15) is 17.3 Å². The average molecular weight is 322 g/mol. The number of sulfonamides is 1. The van der Waals surface area contributed by atoms with Gasteiger partial charge in [0.2, 0.25) is 15.9 Å². The van der Waals surface area contributed by atoms with E-state index in [0.29, 0.717) is 12.1 Å². The topological polar surface area (TPSA) is 113 Å². The molecule has 0 aromatic heterocycles. The zero-order chi connectivity index (χ0) is 16.2. The number of halogens is 2. The van der Waals surface area contributed by atoms with Crippen molar-refractivity contribution in [2.45, 2.75) is 11.8 Å². The number of amides is 1. The number of carbonyl (C=O) groups excluding carboxylic acids is 1. The van der Waals surface area contributed by atoms with Crippen LogP contribution in [0.2, 0.25) is 0 Å². The van der Waals surface area contributed by atoms with Gasteiger partial charge in [-0.15, -0.1) is 0 Å². The van der Waals surface area contributed by atoms with E-state index >= 15 is 0 Å². The number of nitrogens with one attached hydrogen (secondary N) is 2. The van der Waals surface area contributed by atoms with Gasteiger partial charge < -0.3 is 10.4 Å². The van der Waals surface area contributed by atoms with Crippen LogP contribution in [0.15, 0.2) is 17.0 Å². The molecular weight excluding hydrogens is 310 g/mol. The fourth-order valence-electron chi connectivity index (χ4n) is 1.38. The van der Waals surface area contributed by atoms with E-state index in [4.69, 9.17) is 5.11 Å². The third-order valence-corrected chi connectivity index (χ3v) is 3.73. The number of rotatable bonds is 6. The highest BCUT2D eigenvalue weighted by Crippen LogP contribution is 2.19. The monoisotopic (exact) mass is 322 g/mol. The third-order valence-electron chi connectivity index (χ3n) is 2.33. The van der Waals surface area contributed by atoms with Crippen molar-refractivity contribution in [3.63, 3.8) is 0 Å². The highest BCUT2D eigenvalue weighted by atomic mass is 32.2. The van der Waals surface area contributed by atoms with E-state index in [1.165, 1.54) is 0 Å². The molecule has 21 heavy (non-hydrogen) atoms. The van der Waals surface area contributed by atoms with Crippen LogP contribution in [-0.2, 0) is 14.8 Å². The van der Waals surface area contributed by atoms with Gasteiger partial charge in [0.15, 0.2) is 11.6 Å². The van der Waals surface area contributed by atoms with Crippen LogP contribution in [0.3, 0.4) is 0 Å².